The first-order chi connectivity index (χ1) is 19.3. The molecule has 212 valence electrons. The number of fused-ring (bicyclic) bond motifs is 1. The first kappa shape index (κ1) is 28.3. The number of alkyl halides is 3. The van der Waals surface area contributed by atoms with Crippen LogP contribution in [0.15, 0.2) is 54.6 Å². The minimum atomic E-state index is -4.75. The standard InChI is InChI=1S/C29H25ClF4N6O/c1-15(2)18-5-7-19(8-6-18)23-12-25(29(32,33)34)40-26(35-23)13-24(38-40)28(41)36-27-16(3)37-39(17(27)4)14-20-9-10-21(31)11-22(20)30/h5-13,15H,14H2,1-4H3,(H,36,41). The molecule has 12 heteroatoms. The number of benzene rings is 2. The highest BCUT2D eigenvalue weighted by Crippen LogP contribution is 2.33. The Balaban J connectivity index is 1.47. The Morgan fingerprint density at radius 2 is 1.73 bits per heavy atom. The van der Waals surface area contributed by atoms with E-state index in [2.05, 4.69) is 20.5 Å². The summed E-state index contributed by atoms with van der Waals surface area (Å²) in [6, 6.07) is 13.3. The fraction of sp³-hybridized carbons (Fsp3) is 0.241. The second-order valence-corrected chi connectivity index (χ2v) is 10.4. The molecule has 2 aromatic carbocycles. The quantitative estimate of drug-likeness (QED) is 0.210. The molecular formula is C29H25ClF4N6O. The van der Waals surface area contributed by atoms with Gasteiger partial charge in [-0.05, 0) is 49.1 Å². The maximum absolute atomic E-state index is 14.0. The minimum absolute atomic E-state index is 0.111. The van der Waals surface area contributed by atoms with Crippen molar-refractivity contribution in [2.45, 2.75) is 46.3 Å². The van der Waals surface area contributed by atoms with Gasteiger partial charge >= 0.3 is 6.18 Å². The van der Waals surface area contributed by atoms with Gasteiger partial charge in [0.25, 0.3) is 5.91 Å². The molecule has 0 radical (unpaired) electrons. The molecule has 0 spiro atoms. The van der Waals surface area contributed by atoms with Crippen LogP contribution >= 0.6 is 11.6 Å². The summed E-state index contributed by atoms with van der Waals surface area (Å²) in [5.74, 6) is -0.926. The van der Waals surface area contributed by atoms with Gasteiger partial charge in [-0.2, -0.15) is 23.4 Å². The van der Waals surface area contributed by atoms with Gasteiger partial charge in [-0.15, -0.1) is 0 Å². The van der Waals surface area contributed by atoms with Crippen LogP contribution in [0.2, 0.25) is 5.02 Å². The van der Waals surface area contributed by atoms with Crippen LogP contribution in [0.3, 0.4) is 0 Å². The summed E-state index contributed by atoms with van der Waals surface area (Å²) in [5, 5.41) is 11.3. The predicted molar refractivity (Wildman–Crippen MR) is 148 cm³/mol. The van der Waals surface area contributed by atoms with Crippen molar-refractivity contribution in [2.75, 3.05) is 5.32 Å². The summed E-state index contributed by atoms with van der Waals surface area (Å²) < 4.78 is 57.8. The first-order valence-corrected chi connectivity index (χ1v) is 13.1. The molecule has 0 aliphatic heterocycles. The molecule has 3 aromatic heterocycles. The Morgan fingerprint density at radius 3 is 2.37 bits per heavy atom. The first-order valence-electron chi connectivity index (χ1n) is 12.7. The molecular weight excluding hydrogens is 560 g/mol. The second kappa shape index (κ2) is 10.6. The zero-order chi connectivity index (χ0) is 29.6. The maximum atomic E-state index is 14.0. The molecule has 5 aromatic rings. The largest absolute Gasteiger partial charge is 0.433 e. The highest BCUT2D eigenvalue weighted by atomic mass is 35.5. The van der Waals surface area contributed by atoms with E-state index in [1.807, 2.05) is 26.0 Å². The molecule has 3 heterocycles. The number of nitrogens with zero attached hydrogens (tertiary/aromatic N) is 5. The predicted octanol–water partition coefficient (Wildman–Crippen LogP) is 7.44. The van der Waals surface area contributed by atoms with E-state index in [-0.39, 0.29) is 34.5 Å². The summed E-state index contributed by atoms with van der Waals surface area (Å²) in [4.78, 5) is 17.5. The average molecular weight is 585 g/mol. The summed E-state index contributed by atoms with van der Waals surface area (Å²) in [5.41, 5.74) is 2.28. The van der Waals surface area contributed by atoms with Crippen molar-refractivity contribution in [1.82, 2.24) is 24.4 Å². The van der Waals surface area contributed by atoms with E-state index >= 15 is 0 Å². The lowest BCUT2D eigenvalue weighted by molar-refractivity contribution is -0.142. The van der Waals surface area contributed by atoms with E-state index in [9.17, 15) is 22.4 Å². The third-order valence-corrected chi connectivity index (χ3v) is 7.13. The van der Waals surface area contributed by atoms with E-state index in [1.54, 1.807) is 36.7 Å². The van der Waals surface area contributed by atoms with E-state index in [0.29, 0.717) is 32.7 Å². The zero-order valence-corrected chi connectivity index (χ0v) is 23.3. The Bertz CT molecular complexity index is 1770. The highest BCUT2D eigenvalue weighted by molar-refractivity contribution is 6.31. The topological polar surface area (TPSA) is 77.1 Å². The number of rotatable bonds is 6. The number of aryl methyl sites for hydroxylation is 1. The number of carbonyl (C=O) groups excluding carboxylic acids is 1. The van der Waals surface area contributed by atoms with E-state index in [4.69, 9.17) is 11.6 Å². The Kier molecular flexibility index (Phi) is 7.33. The molecule has 7 nitrogen and oxygen atoms in total. The van der Waals surface area contributed by atoms with Gasteiger partial charge in [-0.1, -0.05) is 55.8 Å². The van der Waals surface area contributed by atoms with Crippen molar-refractivity contribution < 1.29 is 22.4 Å². The van der Waals surface area contributed by atoms with Crippen LogP contribution in [0.25, 0.3) is 16.9 Å². The van der Waals surface area contributed by atoms with Gasteiger partial charge in [-0.25, -0.2) is 13.9 Å². The van der Waals surface area contributed by atoms with Crippen molar-refractivity contribution in [3.63, 3.8) is 0 Å². The van der Waals surface area contributed by atoms with Crippen LogP contribution in [0.1, 0.15) is 58.5 Å². The SMILES string of the molecule is Cc1nn(Cc2ccc(F)cc2Cl)c(C)c1NC(=O)c1cc2nc(-c3ccc(C(C)C)cc3)cc(C(F)(F)F)n2n1. The van der Waals surface area contributed by atoms with Gasteiger partial charge in [0.1, 0.15) is 5.82 Å². The molecule has 41 heavy (non-hydrogen) atoms. The average Bonchev–Trinajstić information content (AvgIpc) is 3.45. The van der Waals surface area contributed by atoms with Crippen LogP contribution < -0.4 is 5.32 Å². The molecule has 0 aliphatic rings. The van der Waals surface area contributed by atoms with Gasteiger partial charge in [0.15, 0.2) is 17.0 Å². The van der Waals surface area contributed by atoms with Gasteiger partial charge in [0, 0.05) is 16.7 Å². The maximum Gasteiger partial charge on any atom is 0.433 e. The number of hydrogen-bond acceptors (Lipinski definition) is 4. The number of aromatic nitrogens is 5. The molecule has 0 unspecified atom stereocenters. The van der Waals surface area contributed by atoms with Crippen molar-refractivity contribution in [3.8, 4) is 11.3 Å². The number of nitrogens with one attached hydrogen (secondary N) is 1. The fourth-order valence-electron chi connectivity index (χ4n) is 4.49. The smallest absolute Gasteiger partial charge is 0.317 e. The van der Waals surface area contributed by atoms with Crippen molar-refractivity contribution in [3.05, 3.63) is 99.3 Å². The summed E-state index contributed by atoms with van der Waals surface area (Å²) >= 11 is 6.15. The van der Waals surface area contributed by atoms with Gasteiger partial charge < -0.3 is 5.32 Å². The lowest BCUT2D eigenvalue weighted by Gasteiger charge is -2.12. The molecule has 5 rings (SSSR count). The third-order valence-electron chi connectivity index (χ3n) is 6.78. The monoisotopic (exact) mass is 584 g/mol. The lowest BCUT2D eigenvalue weighted by Crippen LogP contribution is -2.16. The van der Waals surface area contributed by atoms with Gasteiger partial charge in [0.2, 0.25) is 0 Å². The molecule has 0 bridgehead atoms. The number of anilines is 1. The number of halogens is 5. The van der Waals surface area contributed by atoms with Crippen molar-refractivity contribution >= 4 is 28.8 Å². The third kappa shape index (κ3) is 5.67. The Morgan fingerprint density at radius 1 is 1.02 bits per heavy atom. The molecule has 0 atom stereocenters. The van der Waals surface area contributed by atoms with Crippen LogP contribution in [0, 0.1) is 19.7 Å². The van der Waals surface area contributed by atoms with Crippen molar-refractivity contribution in [1.29, 1.82) is 0 Å². The summed E-state index contributed by atoms with van der Waals surface area (Å²) in [6.07, 6.45) is -4.75. The number of carbonyl (C=O) groups is 1. The minimum Gasteiger partial charge on any atom is -0.317 e. The summed E-state index contributed by atoms with van der Waals surface area (Å²) in [7, 11) is 0. The Hall–Kier alpha value is -4.25. The van der Waals surface area contributed by atoms with Crippen molar-refractivity contribution in [2.24, 2.45) is 0 Å². The normalized spacial score (nSPS) is 12.0. The van der Waals surface area contributed by atoms with Crippen LogP contribution in [-0.4, -0.2) is 30.3 Å². The van der Waals surface area contributed by atoms with E-state index < -0.39 is 23.6 Å². The zero-order valence-electron chi connectivity index (χ0n) is 22.5. The van der Waals surface area contributed by atoms with Crippen LogP contribution in [0.4, 0.5) is 23.2 Å². The Labute approximate surface area is 237 Å². The summed E-state index contributed by atoms with van der Waals surface area (Å²) in [6.45, 7) is 7.66. The molecule has 0 saturated heterocycles. The van der Waals surface area contributed by atoms with Gasteiger partial charge in [-0.3, -0.25) is 9.48 Å². The number of amides is 1. The lowest BCUT2D eigenvalue weighted by atomic mass is 10.0. The molecule has 1 amide bonds. The van der Waals surface area contributed by atoms with Crippen LogP contribution in [-0.2, 0) is 12.7 Å². The van der Waals surface area contributed by atoms with Crippen LogP contribution in [0.5, 0.6) is 0 Å². The number of hydrogen-bond donors (Lipinski definition) is 1. The van der Waals surface area contributed by atoms with Gasteiger partial charge in [0.05, 0.1) is 29.3 Å². The molecule has 1 N–H and O–H groups in total. The molecule has 0 saturated carbocycles. The van der Waals surface area contributed by atoms with E-state index in [1.165, 1.54) is 18.2 Å². The molecule has 0 fully saturated rings. The molecule has 0 aliphatic carbocycles. The fourth-order valence-corrected chi connectivity index (χ4v) is 4.72. The second-order valence-electron chi connectivity index (χ2n) is 9.99. The van der Waals surface area contributed by atoms with E-state index in [0.717, 1.165) is 11.6 Å². The highest BCUT2D eigenvalue weighted by Gasteiger charge is 2.36.